The smallest absolute Gasteiger partial charge is 0.410 e. The van der Waals surface area contributed by atoms with Gasteiger partial charge in [-0.05, 0) is 64.4 Å². The van der Waals surface area contributed by atoms with Gasteiger partial charge in [0.2, 0.25) is 0 Å². The number of rotatable bonds is 8. The standard InChI is InChI=1S/C25H43NO7SSi/c1-18-10-12-20(13-11-18)34(29,30)31-15-14-22(27)21-16-19(33-35(8,9)25(5,6)7)17-26(21)23(28)32-24(2,3)4/h10-13,19,21-22,27H,14-17H2,1-9H3/t19-,21+,22?/m1/s1. The van der Waals surface area contributed by atoms with Crippen LogP contribution in [0.25, 0.3) is 0 Å². The van der Waals surface area contributed by atoms with Crippen molar-refractivity contribution in [1.29, 1.82) is 0 Å². The number of carbonyl (C=O) groups excluding carboxylic acids is 1. The fourth-order valence-corrected chi connectivity index (χ4v) is 5.92. The van der Waals surface area contributed by atoms with Crippen molar-refractivity contribution in [2.45, 2.75) is 108 Å². The number of carbonyl (C=O) groups is 1. The van der Waals surface area contributed by atoms with E-state index < -0.39 is 42.3 Å². The lowest BCUT2D eigenvalue weighted by atomic mass is 10.1. The van der Waals surface area contributed by atoms with Gasteiger partial charge in [0, 0.05) is 13.0 Å². The molecule has 0 bridgehead atoms. The quantitative estimate of drug-likeness (QED) is 0.379. The lowest BCUT2D eigenvalue weighted by Gasteiger charge is -2.38. The monoisotopic (exact) mass is 529 g/mol. The number of aliphatic hydroxyl groups excluding tert-OH is 1. The van der Waals surface area contributed by atoms with E-state index >= 15 is 0 Å². The number of hydrogen-bond donors (Lipinski definition) is 1. The number of nitrogens with zero attached hydrogens (tertiary/aromatic N) is 1. The molecular weight excluding hydrogens is 486 g/mol. The second-order valence-corrected chi connectivity index (χ2v) is 18.3. The van der Waals surface area contributed by atoms with Crippen molar-refractivity contribution in [3.05, 3.63) is 29.8 Å². The predicted octanol–water partition coefficient (Wildman–Crippen LogP) is 4.85. The van der Waals surface area contributed by atoms with Crippen molar-refractivity contribution < 1.29 is 31.7 Å². The topological polar surface area (TPSA) is 102 Å². The third kappa shape index (κ3) is 8.28. The minimum atomic E-state index is -3.94. The first-order valence-electron chi connectivity index (χ1n) is 12.1. The molecule has 2 rings (SSSR count). The molecule has 200 valence electrons. The van der Waals surface area contributed by atoms with Gasteiger partial charge in [-0.2, -0.15) is 8.42 Å². The first-order chi connectivity index (χ1) is 15.8. The van der Waals surface area contributed by atoms with Gasteiger partial charge < -0.3 is 14.3 Å². The molecule has 3 atom stereocenters. The number of likely N-dealkylation sites (tertiary alicyclic amines) is 1. The molecule has 1 N–H and O–H groups in total. The molecule has 1 unspecified atom stereocenters. The minimum Gasteiger partial charge on any atom is -0.444 e. The zero-order valence-electron chi connectivity index (χ0n) is 22.6. The van der Waals surface area contributed by atoms with E-state index in [-0.39, 0.29) is 29.1 Å². The van der Waals surface area contributed by atoms with Crippen LogP contribution in [0.3, 0.4) is 0 Å². The van der Waals surface area contributed by atoms with E-state index in [1.165, 1.54) is 17.0 Å². The Morgan fingerprint density at radius 1 is 1.14 bits per heavy atom. The second-order valence-electron chi connectivity index (χ2n) is 11.9. The van der Waals surface area contributed by atoms with E-state index in [1.807, 2.05) is 6.92 Å². The highest BCUT2D eigenvalue weighted by atomic mass is 32.2. The summed E-state index contributed by atoms with van der Waals surface area (Å²) in [7, 11) is -6.04. The van der Waals surface area contributed by atoms with E-state index in [1.54, 1.807) is 32.9 Å². The molecule has 35 heavy (non-hydrogen) atoms. The van der Waals surface area contributed by atoms with Crippen molar-refractivity contribution >= 4 is 24.5 Å². The van der Waals surface area contributed by atoms with Gasteiger partial charge in [-0.15, -0.1) is 0 Å². The SMILES string of the molecule is Cc1ccc(S(=O)(=O)OCCC(O)[C@@H]2C[C@@H](O[Si](C)(C)C(C)(C)C)CN2C(=O)OC(C)(C)C)cc1. The van der Waals surface area contributed by atoms with Crippen LogP contribution in [-0.2, 0) is 23.5 Å². The van der Waals surface area contributed by atoms with E-state index in [0.717, 1.165) is 5.56 Å². The molecule has 0 aliphatic carbocycles. The fourth-order valence-electron chi connectivity index (χ4n) is 3.64. The number of benzene rings is 1. The number of aryl methyl sites for hydroxylation is 1. The van der Waals surface area contributed by atoms with E-state index in [9.17, 15) is 18.3 Å². The average molecular weight is 530 g/mol. The second kappa shape index (κ2) is 10.9. The van der Waals surface area contributed by atoms with Gasteiger partial charge in [-0.3, -0.25) is 9.08 Å². The molecule has 8 nitrogen and oxygen atoms in total. The highest BCUT2D eigenvalue weighted by Gasteiger charge is 2.46. The Morgan fingerprint density at radius 3 is 2.23 bits per heavy atom. The van der Waals surface area contributed by atoms with Crippen molar-refractivity contribution in [2.24, 2.45) is 0 Å². The molecular formula is C25H43NO7SSi. The van der Waals surface area contributed by atoms with Crippen molar-refractivity contribution in [3.63, 3.8) is 0 Å². The normalized spacial score (nSPS) is 20.7. The minimum absolute atomic E-state index is 0.00136. The third-order valence-electron chi connectivity index (χ3n) is 6.61. The first kappa shape index (κ1) is 29.8. The fraction of sp³-hybridized carbons (Fsp3) is 0.720. The Labute approximate surface area is 212 Å². The molecule has 1 saturated heterocycles. The maximum absolute atomic E-state index is 13.0. The summed E-state index contributed by atoms with van der Waals surface area (Å²) in [6, 6.07) is 5.82. The Morgan fingerprint density at radius 2 is 1.71 bits per heavy atom. The van der Waals surface area contributed by atoms with Gasteiger partial charge in [-0.1, -0.05) is 38.5 Å². The number of ether oxygens (including phenoxy) is 1. The van der Waals surface area contributed by atoms with Crippen LogP contribution in [0, 0.1) is 6.92 Å². The molecule has 0 radical (unpaired) electrons. The summed E-state index contributed by atoms with van der Waals surface area (Å²) in [4.78, 5) is 14.5. The molecule has 1 amide bonds. The maximum Gasteiger partial charge on any atom is 0.410 e. The van der Waals surface area contributed by atoms with E-state index in [4.69, 9.17) is 13.3 Å². The molecule has 1 aromatic carbocycles. The van der Waals surface area contributed by atoms with Gasteiger partial charge >= 0.3 is 6.09 Å². The third-order valence-corrected chi connectivity index (χ3v) is 12.5. The molecule has 0 saturated carbocycles. The Balaban J connectivity index is 2.10. The Kier molecular flexibility index (Phi) is 9.25. The Hall–Kier alpha value is -1.46. The highest BCUT2D eigenvalue weighted by Crippen LogP contribution is 2.39. The van der Waals surface area contributed by atoms with Crippen LogP contribution in [-0.4, -0.2) is 69.8 Å². The average Bonchev–Trinajstić information content (AvgIpc) is 3.09. The van der Waals surface area contributed by atoms with Crippen LogP contribution in [0.5, 0.6) is 0 Å². The highest BCUT2D eigenvalue weighted by molar-refractivity contribution is 7.86. The van der Waals surface area contributed by atoms with Crippen LogP contribution < -0.4 is 0 Å². The van der Waals surface area contributed by atoms with Crippen molar-refractivity contribution in [2.75, 3.05) is 13.2 Å². The largest absolute Gasteiger partial charge is 0.444 e. The molecule has 10 heteroatoms. The first-order valence-corrected chi connectivity index (χ1v) is 16.5. The molecule has 1 aliphatic heterocycles. The van der Waals surface area contributed by atoms with Gasteiger partial charge in [0.25, 0.3) is 10.1 Å². The van der Waals surface area contributed by atoms with Gasteiger partial charge in [-0.25, -0.2) is 4.79 Å². The maximum atomic E-state index is 13.0. The van der Waals surface area contributed by atoms with Crippen LogP contribution in [0.15, 0.2) is 29.2 Å². The van der Waals surface area contributed by atoms with E-state index in [2.05, 4.69) is 33.9 Å². The summed E-state index contributed by atoms with van der Waals surface area (Å²) >= 11 is 0. The Bertz CT molecular complexity index is 965. The lowest BCUT2D eigenvalue weighted by Crippen LogP contribution is -2.46. The summed E-state index contributed by atoms with van der Waals surface area (Å²) in [6.45, 7) is 18.1. The number of aliphatic hydroxyl groups is 1. The van der Waals surface area contributed by atoms with Crippen molar-refractivity contribution in [1.82, 2.24) is 4.90 Å². The van der Waals surface area contributed by atoms with Crippen LogP contribution >= 0.6 is 0 Å². The lowest BCUT2D eigenvalue weighted by molar-refractivity contribution is 0.00155. The van der Waals surface area contributed by atoms with Gasteiger partial charge in [0.15, 0.2) is 8.32 Å². The molecule has 1 fully saturated rings. The summed E-state index contributed by atoms with van der Waals surface area (Å²) in [5, 5.41) is 11.0. The molecule has 0 spiro atoms. The summed E-state index contributed by atoms with van der Waals surface area (Å²) in [5.74, 6) is 0. The summed E-state index contributed by atoms with van der Waals surface area (Å²) < 4.78 is 42.2. The van der Waals surface area contributed by atoms with Gasteiger partial charge in [0.1, 0.15) is 5.60 Å². The number of amides is 1. The van der Waals surface area contributed by atoms with Crippen molar-refractivity contribution in [3.8, 4) is 0 Å². The van der Waals surface area contributed by atoms with Crippen LogP contribution in [0.2, 0.25) is 18.1 Å². The zero-order valence-corrected chi connectivity index (χ0v) is 24.4. The molecule has 1 aliphatic rings. The van der Waals surface area contributed by atoms with Gasteiger partial charge in [0.05, 0.1) is 29.8 Å². The van der Waals surface area contributed by atoms with Crippen LogP contribution in [0.4, 0.5) is 4.79 Å². The molecule has 1 heterocycles. The number of hydrogen-bond acceptors (Lipinski definition) is 7. The summed E-state index contributed by atoms with van der Waals surface area (Å²) in [5.41, 5.74) is 0.258. The van der Waals surface area contributed by atoms with Crippen LogP contribution in [0.1, 0.15) is 59.9 Å². The summed E-state index contributed by atoms with van der Waals surface area (Å²) in [6.07, 6.45) is -1.26. The molecule has 0 aromatic heterocycles. The van der Waals surface area contributed by atoms with E-state index in [0.29, 0.717) is 13.0 Å². The predicted molar refractivity (Wildman–Crippen MR) is 138 cm³/mol. The molecule has 1 aromatic rings. The zero-order chi connectivity index (χ0) is 26.8.